The first-order chi connectivity index (χ1) is 17.0. The van der Waals surface area contributed by atoms with E-state index in [9.17, 15) is 9.59 Å². The molecule has 3 aromatic carbocycles. The van der Waals surface area contributed by atoms with Gasteiger partial charge in [-0.3, -0.25) is 4.79 Å². The monoisotopic (exact) mass is 470 g/mol. The number of hydrogen-bond donors (Lipinski definition) is 1. The zero-order valence-electron chi connectivity index (χ0n) is 19.8. The fourth-order valence-corrected chi connectivity index (χ4v) is 3.80. The van der Waals surface area contributed by atoms with Crippen LogP contribution in [0.25, 0.3) is 22.2 Å². The highest BCUT2D eigenvalue weighted by Crippen LogP contribution is 2.33. The number of ether oxygens (including phenoxy) is 3. The number of esters is 1. The Hall–Kier alpha value is -4.39. The van der Waals surface area contributed by atoms with Crippen LogP contribution in [0.15, 0.2) is 78.9 Å². The first-order valence-electron chi connectivity index (χ1n) is 11.1. The predicted molar refractivity (Wildman–Crippen MR) is 134 cm³/mol. The van der Waals surface area contributed by atoms with Gasteiger partial charge in [-0.25, -0.2) is 9.78 Å². The molecule has 0 saturated carbocycles. The second kappa shape index (κ2) is 10.7. The Morgan fingerprint density at radius 1 is 0.886 bits per heavy atom. The average molecular weight is 471 g/mol. The van der Waals surface area contributed by atoms with Crippen molar-refractivity contribution in [3.8, 4) is 22.8 Å². The molecule has 0 aliphatic rings. The Bertz CT molecular complexity index is 1350. The highest BCUT2D eigenvalue weighted by Gasteiger charge is 2.18. The summed E-state index contributed by atoms with van der Waals surface area (Å²) in [4.78, 5) is 30.2. The van der Waals surface area contributed by atoms with E-state index in [2.05, 4.69) is 5.32 Å². The molecule has 1 heterocycles. The molecular formula is C28H26N2O5. The third kappa shape index (κ3) is 5.41. The minimum absolute atomic E-state index is 0.208. The highest BCUT2D eigenvalue weighted by molar-refractivity contribution is 6.05. The van der Waals surface area contributed by atoms with Crippen LogP contribution in [-0.2, 0) is 9.53 Å². The van der Waals surface area contributed by atoms with E-state index in [1.807, 2.05) is 61.5 Å². The van der Waals surface area contributed by atoms with Gasteiger partial charge in [-0.2, -0.15) is 0 Å². The van der Waals surface area contributed by atoms with Crippen molar-refractivity contribution in [3.63, 3.8) is 0 Å². The average Bonchev–Trinajstić information content (AvgIpc) is 2.91. The number of carbonyl (C=O) groups is 2. The summed E-state index contributed by atoms with van der Waals surface area (Å²) >= 11 is 0. The maximum Gasteiger partial charge on any atom is 0.339 e. The maximum absolute atomic E-state index is 13.1. The zero-order chi connectivity index (χ0) is 24.8. The van der Waals surface area contributed by atoms with E-state index < -0.39 is 12.6 Å². The standard InChI is InChI=1S/C28H26N2O5/c1-18(19-9-5-4-6-10-19)29-27(31)17-35-28(32)22-16-24(30-23-12-8-7-11-21(22)23)20-13-14-25(33-2)26(15-20)34-3/h4-16,18H,17H2,1-3H3,(H,29,31)/t18-/m0/s1. The first kappa shape index (κ1) is 23.8. The van der Waals surface area contributed by atoms with Crippen LogP contribution in [0.3, 0.4) is 0 Å². The topological polar surface area (TPSA) is 86.8 Å². The number of benzene rings is 3. The lowest BCUT2D eigenvalue weighted by Crippen LogP contribution is -2.31. The van der Waals surface area contributed by atoms with Crippen LogP contribution in [0.4, 0.5) is 0 Å². The Kier molecular flexibility index (Phi) is 7.26. The zero-order valence-corrected chi connectivity index (χ0v) is 19.8. The van der Waals surface area contributed by atoms with Crippen LogP contribution >= 0.6 is 0 Å². The van der Waals surface area contributed by atoms with Crippen molar-refractivity contribution in [2.75, 3.05) is 20.8 Å². The first-order valence-corrected chi connectivity index (χ1v) is 11.1. The number of fused-ring (bicyclic) bond motifs is 1. The van der Waals surface area contributed by atoms with Gasteiger partial charge in [-0.05, 0) is 42.8 Å². The van der Waals surface area contributed by atoms with Crippen molar-refractivity contribution in [2.24, 2.45) is 0 Å². The largest absolute Gasteiger partial charge is 0.493 e. The number of aromatic nitrogens is 1. The van der Waals surface area contributed by atoms with Crippen LogP contribution in [-0.4, -0.2) is 37.7 Å². The predicted octanol–water partition coefficient (Wildman–Crippen LogP) is 4.95. The molecule has 1 amide bonds. The summed E-state index contributed by atoms with van der Waals surface area (Å²) in [5, 5.41) is 3.49. The van der Waals surface area contributed by atoms with Gasteiger partial charge in [0.2, 0.25) is 0 Å². The number of para-hydroxylation sites is 1. The number of methoxy groups -OCH3 is 2. The molecule has 0 spiro atoms. The smallest absolute Gasteiger partial charge is 0.339 e. The second-order valence-corrected chi connectivity index (χ2v) is 7.92. The molecule has 0 bridgehead atoms. The van der Waals surface area contributed by atoms with Crippen LogP contribution in [0, 0.1) is 0 Å². The summed E-state index contributed by atoms with van der Waals surface area (Å²) < 4.78 is 16.1. The Morgan fingerprint density at radius 2 is 1.60 bits per heavy atom. The number of hydrogen-bond acceptors (Lipinski definition) is 6. The molecule has 0 saturated heterocycles. The molecule has 7 heteroatoms. The number of rotatable bonds is 8. The molecule has 4 rings (SSSR count). The number of nitrogens with one attached hydrogen (secondary N) is 1. The number of amides is 1. The number of pyridine rings is 1. The summed E-state index contributed by atoms with van der Waals surface area (Å²) in [5.41, 5.74) is 3.24. The molecule has 0 unspecified atom stereocenters. The van der Waals surface area contributed by atoms with Crippen LogP contribution in [0.5, 0.6) is 11.5 Å². The van der Waals surface area contributed by atoms with Crippen LogP contribution in [0.2, 0.25) is 0 Å². The molecular weight excluding hydrogens is 444 g/mol. The van der Waals surface area contributed by atoms with E-state index in [0.29, 0.717) is 33.7 Å². The van der Waals surface area contributed by atoms with E-state index >= 15 is 0 Å². The molecule has 35 heavy (non-hydrogen) atoms. The minimum Gasteiger partial charge on any atom is -0.493 e. The second-order valence-electron chi connectivity index (χ2n) is 7.92. The molecule has 4 aromatic rings. The third-order valence-electron chi connectivity index (χ3n) is 5.63. The van der Waals surface area contributed by atoms with E-state index in [-0.39, 0.29) is 11.9 Å². The molecule has 0 aliphatic carbocycles. The van der Waals surface area contributed by atoms with E-state index in [1.165, 1.54) is 0 Å². The maximum atomic E-state index is 13.1. The molecule has 178 valence electrons. The molecule has 1 aromatic heterocycles. The van der Waals surface area contributed by atoms with Crippen molar-refractivity contribution >= 4 is 22.8 Å². The van der Waals surface area contributed by atoms with Gasteiger partial charge in [0.05, 0.1) is 37.0 Å². The molecule has 0 radical (unpaired) electrons. The Labute approximate surface area is 203 Å². The normalized spacial score (nSPS) is 11.5. The van der Waals surface area contributed by atoms with Crippen LogP contribution < -0.4 is 14.8 Å². The van der Waals surface area contributed by atoms with Crippen molar-refractivity contribution in [1.82, 2.24) is 10.3 Å². The van der Waals surface area contributed by atoms with Gasteiger partial charge in [-0.15, -0.1) is 0 Å². The van der Waals surface area contributed by atoms with Crippen molar-refractivity contribution in [2.45, 2.75) is 13.0 Å². The fraction of sp³-hybridized carbons (Fsp3) is 0.179. The fourth-order valence-electron chi connectivity index (χ4n) is 3.80. The molecule has 0 aliphatic heterocycles. The lowest BCUT2D eigenvalue weighted by Gasteiger charge is -2.15. The molecule has 7 nitrogen and oxygen atoms in total. The van der Waals surface area contributed by atoms with Gasteiger partial charge in [0.25, 0.3) is 5.91 Å². The van der Waals surface area contributed by atoms with Crippen molar-refractivity contribution < 1.29 is 23.8 Å². The minimum atomic E-state index is -0.604. The van der Waals surface area contributed by atoms with Crippen molar-refractivity contribution in [3.05, 3.63) is 90.0 Å². The number of carbonyl (C=O) groups excluding carboxylic acids is 2. The summed E-state index contributed by atoms with van der Waals surface area (Å²) in [6.45, 7) is 1.49. The summed E-state index contributed by atoms with van der Waals surface area (Å²) in [6, 6.07) is 23.7. The lowest BCUT2D eigenvalue weighted by atomic mass is 10.0. The third-order valence-corrected chi connectivity index (χ3v) is 5.63. The molecule has 0 fully saturated rings. The number of nitrogens with zero attached hydrogens (tertiary/aromatic N) is 1. The van der Waals surface area contributed by atoms with Crippen molar-refractivity contribution in [1.29, 1.82) is 0 Å². The van der Waals surface area contributed by atoms with E-state index in [1.54, 1.807) is 38.5 Å². The summed E-state index contributed by atoms with van der Waals surface area (Å²) in [5.74, 6) is 0.154. The van der Waals surface area contributed by atoms with Gasteiger partial charge >= 0.3 is 5.97 Å². The van der Waals surface area contributed by atoms with Gasteiger partial charge in [0.1, 0.15) is 0 Å². The van der Waals surface area contributed by atoms with E-state index in [4.69, 9.17) is 19.2 Å². The highest BCUT2D eigenvalue weighted by atomic mass is 16.5. The van der Waals surface area contributed by atoms with E-state index in [0.717, 1.165) is 11.1 Å². The van der Waals surface area contributed by atoms with Crippen LogP contribution in [0.1, 0.15) is 28.9 Å². The quantitative estimate of drug-likeness (QED) is 0.367. The Morgan fingerprint density at radius 3 is 2.34 bits per heavy atom. The SMILES string of the molecule is COc1ccc(-c2cc(C(=O)OCC(=O)N[C@@H](C)c3ccccc3)c3ccccc3n2)cc1OC. The van der Waals surface area contributed by atoms with Gasteiger partial charge in [-0.1, -0.05) is 48.5 Å². The lowest BCUT2D eigenvalue weighted by molar-refractivity contribution is -0.124. The molecule has 1 atom stereocenters. The summed E-state index contributed by atoms with van der Waals surface area (Å²) in [7, 11) is 3.12. The van der Waals surface area contributed by atoms with Gasteiger partial charge in [0, 0.05) is 10.9 Å². The summed E-state index contributed by atoms with van der Waals surface area (Å²) in [6.07, 6.45) is 0. The van der Waals surface area contributed by atoms with Gasteiger partial charge in [0.15, 0.2) is 18.1 Å². The van der Waals surface area contributed by atoms with Gasteiger partial charge < -0.3 is 19.5 Å². The molecule has 1 N–H and O–H groups in total. The Balaban J connectivity index is 1.56.